The number of nitrogens with two attached hydrogens (primary N) is 1. The van der Waals surface area contributed by atoms with Crippen LogP contribution in [0.4, 0.5) is 4.79 Å². The van der Waals surface area contributed by atoms with Crippen LogP contribution in [0, 0.1) is 35.5 Å². The van der Waals surface area contributed by atoms with Gasteiger partial charge < -0.3 is 64.4 Å². The van der Waals surface area contributed by atoms with Crippen LogP contribution < -0.4 is 5.73 Å². The number of amides is 1. The molecule has 1 amide bonds. The van der Waals surface area contributed by atoms with Gasteiger partial charge in [0.25, 0.3) is 0 Å². The maximum atomic E-state index is 13.9. The predicted molar refractivity (Wildman–Crippen MR) is 228 cm³/mol. The van der Waals surface area contributed by atoms with Crippen molar-refractivity contribution in [1.29, 1.82) is 0 Å². The summed E-state index contributed by atoms with van der Waals surface area (Å²) in [5, 5.41) is 58.0. The maximum Gasteiger partial charge on any atom is 0.404 e. The Bertz CT molecular complexity index is 1570. The average molecular weight is 866 g/mol. The van der Waals surface area contributed by atoms with Crippen molar-refractivity contribution in [3.05, 3.63) is 59.4 Å². The van der Waals surface area contributed by atoms with Gasteiger partial charge in [0.1, 0.15) is 12.2 Å². The molecular formula is C46H75NO14. The van der Waals surface area contributed by atoms with Crippen molar-refractivity contribution in [3.63, 3.8) is 0 Å². The molecule has 11 unspecified atom stereocenters. The van der Waals surface area contributed by atoms with Crippen molar-refractivity contribution in [2.24, 2.45) is 41.2 Å². The van der Waals surface area contributed by atoms with E-state index in [4.69, 9.17) is 38.9 Å². The lowest BCUT2D eigenvalue weighted by molar-refractivity contribution is -0.338. The number of esters is 1. The van der Waals surface area contributed by atoms with Crippen LogP contribution >= 0.6 is 0 Å². The maximum absolute atomic E-state index is 13.9. The number of aliphatic hydroxyl groups is 5. The summed E-state index contributed by atoms with van der Waals surface area (Å²) in [5.41, 5.74) is 6.78. The molecule has 0 bridgehead atoms. The van der Waals surface area contributed by atoms with Gasteiger partial charge in [-0.25, -0.2) is 9.59 Å². The highest BCUT2D eigenvalue weighted by Crippen LogP contribution is 2.42. The number of aliphatic hydroxyl groups excluding tert-OH is 4. The Balaban J connectivity index is 2.00. The van der Waals surface area contributed by atoms with E-state index in [2.05, 4.69) is 0 Å². The summed E-state index contributed by atoms with van der Waals surface area (Å²) in [5.74, 6) is -6.00. The third kappa shape index (κ3) is 13.7. The molecule has 2 fully saturated rings. The number of primary amides is 1. The second-order valence-corrected chi connectivity index (χ2v) is 17.5. The quantitative estimate of drug-likeness (QED) is 0.119. The monoisotopic (exact) mass is 866 g/mol. The Morgan fingerprint density at radius 2 is 1.77 bits per heavy atom. The van der Waals surface area contributed by atoms with Gasteiger partial charge >= 0.3 is 12.1 Å². The Kier molecular flexibility index (Phi) is 20.1. The molecule has 0 radical (unpaired) electrons. The topological polar surface area (TPSA) is 226 Å². The molecular weight excluding hydrogens is 790 g/mol. The number of ether oxygens (including phenoxy) is 7. The molecule has 3 aliphatic rings. The van der Waals surface area contributed by atoms with E-state index in [1.807, 2.05) is 53.7 Å². The molecule has 15 nitrogen and oxygen atoms in total. The van der Waals surface area contributed by atoms with E-state index in [1.165, 1.54) is 20.3 Å². The van der Waals surface area contributed by atoms with Crippen LogP contribution in [0.25, 0.3) is 0 Å². The number of methoxy groups -OCH3 is 2. The fraction of sp³-hybridized carbons (Fsp3) is 0.739. The van der Waals surface area contributed by atoms with Gasteiger partial charge in [0.05, 0.1) is 49.8 Å². The number of allylic oxidation sites excluding steroid dienone is 6. The minimum Gasteiger partial charge on any atom is -0.490 e. The summed E-state index contributed by atoms with van der Waals surface area (Å²) in [6.45, 7) is 18.2. The van der Waals surface area contributed by atoms with Crippen molar-refractivity contribution in [2.75, 3.05) is 14.2 Å². The second-order valence-electron chi connectivity index (χ2n) is 17.5. The summed E-state index contributed by atoms with van der Waals surface area (Å²) >= 11 is 0. The van der Waals surface area contributed by atoms with E-state index < -0.39 is 97.0 Å². The standard InChI is InChI=1S/C46H75NO14/c1-13-16-34-28(7)37(58-38-22-33(48)43(31(10)57-38)60-45(47)53)23-46(54,61-34)30(9)41(51)29(8)42-35(55-11)18-15-17-24(3)19-26(5)39(49)32(14-2)40(50)27(6)20-25(4)21-36(56-12)44(52)59-42/h13,15-18,20-21,26-35,37-43,48-51,54H,14,19,22-23H2,1-12H3,(H2,47,53)/b16-13+,18-15+,24-17+,25-20+,36-21-/t26?,27?,28-,29?,30?,31-,32?,33-,34?,35?,37-,38+,39?,40?,41?,42?,43-,46+/m1/s1. The minimum atomic E-state index is -1.97. The van der Waals surface area contributed by atoms with Crippen LogP contribution in [0.1, 0.15) is 94.9 Å². The first-order chi connectivity index (χ1) is 28.6. The molecule has 0 aromatic heterocycles. The number of carbonyl (C=O) groups is 2. The molecule has 0 saturated carbocycles. The lowest BCUT2D eigenvalue weighted by atomic mass is 9.77. The van der Waals surface area contributed by atoms with Gasteiger partial charge in [-0.2, -0.15) is 0 Å². The van der Waals surface area contributed by atoms with Gasteiger partial charge in [-0.3, -0.25) is 0 Å². The zero-order chi connectivity index (χ0) is 45.9. The molecule has 61 heavy (non-hydrogen) atoms. The number of hydrogen-bond donors (Lipinski definition) is 6. The lowest BCUT2D eigenvalue weighted by Crippen LogP contribution is -2.59. The molecule has 3 aliphatic heterocycles. The number of cyclic esters (lactones) is 1. The Labute approximate surface area is 362 Å². The lowest BCUT2D eigenvalue weighted by Gasteiger charge is -2.49. The summed E-state index contributed by atoms with van der Waals surface area (Å²) in [4.78, 5) is 25.4. The first kappa shape index (κ1) is 52.2. The molecule has 0 spiro atoms. The molecule has 2 saturated heterocycles. The zero-order valence-corrected chi connectivity index (χ0v) is 38.2. The molecule has 3 rings (SSSR count). The molecule has 348 valence electrons. The van der Waals surface area contributed by atoms with Gasteiger partial charge in [-0.15, -0.1) is 0 Å². The summed E-state index contributed by atoms with van der Waals surface area (Å²) in [7, 11) is 2.81. The SMILES string of the molecule is C/C=C/C1O[C@](O)(C(C)C(O)C(C)C2OC(=O)/C(OC)=C/C(C)=C/C(C)C(O)C(CC)C(O)C(C)C/C(C)=C/C=C/C2OC)C[C@@H](O[C@H]2C[C@@H](O)[C@H](OC(N)=O)[C@@H](C)O2)[C@@H]1C. The zero-order valence-electron chi connectivity index (χ0n) is 38.2. The van der Waals surface area contributed by atoms with Gasteiger partial charge in [0.15, 0.2) is 18.2 Å². The first-order valence-electron chi connectivity index (χ1n) is 21.7. The van der Waals surface area contributed by atoms with E-state index >= 15 is 0 Å². The molecule has 0 aliphatic carbocycles. The molecule has 3 heterocycles. The van der Waals surface area contributed by atoms with Gasteiger partial charge in [0.2, 0.25) is 5.76 Å². The summed E-state index contributed by atoms with van der Waals surface area (Å²) < 4.78 is 41.4. The van der Waals surface area contributed by atoms with Crippen LogP contribution in [0.3, 0.4) is 0 Å². The van der Waals surface area contributed by atoms with E-state index in [9.17, 15) is 35.1 Å². The van der Waals surface area contributed by atoms with Gasteiger partial charge in [0, 0.05) is 49.5 Å². The Morgan fingerprint density at radius 3 is 2.34 bits per heavy atom. The Hall–Kier alpha value is -3.12. The molecule has 7 N–H and O–H groups in total. The van der Waals surface area contributed by atoms with Crippen LogP contribution in [-0.2, 0) is 38.0 Å². The highest BCUT2D eigenvalue weighted by Gasteiger charge is 2.52. The Morgan fingerprint density at radius 1 is 1.10 bits per heavy atom. The van der Waals surface area contributed by atoms with Crippen LogP contribution in [0.2, 0.25) is 0 Å². The van der Waals surface area contributed by atoms with Crippen LogP contribution in [-0.4, -0.2) is 125 Å². The number of carbonyl (C=O) groups excluding carboxylic acids is 2. The van der Waals surface area contributed by atoms with E-state index in [-0.39, 0.29) is 42.3 Å². The minimum absolute atomic E-state index is 0.0313. The number of rotatable bonds is 11. The highest BCUT2D eigenvalue weighted by atomic mass is 16.7. The van der Waals surface area contributed by atoms with E-state index in [0.29, 0.717) is 18.4 Å². The summed E-state index contributed by atoms with van der Waals surface area (Å²) in [6, 6.07) is 0. The van der Waals surface area contributed by atoms with Crippen LogP contribution in [0.15, 0.2) is 59.4 Å². The van der Waals surface area contributed by atoms with Crippen molar-refractivity contribution in [2.45, 2.75) is 168 Å². The van der Waals surface area contributed by atoms with Crippen LogP contribution in [0.5, 0.6) is 0 Å². The second kappa shape index (κ2) is 23.5. The van der Waals surface area contributed by atoms with Crippen molar-refractivity contribution in [3.8, 4) is 0 Å². The molecule has 0 aromatic carbocycles. The third-order valence-corrected chi connectivity index (χ3v) is 12.8. The number of hydrogen-bond acceptors (Lipinski definition) is 14. The molecule has 0 aromatic rings. The summed E-state index contributed by atoms with van der Waals surface area (Å²) in [6.07, 6.45) is 2.20. The van der Waals surface area contributed by atoms with Crippen molar-refractivity contribution in [1.82, 2.24) is 0 Å². The van der Waals surface area contributed by atoms with Crippen molar-refractivity contribution < 1.29 is 68.3 Å². The normalized spacial score (nSPS) is 42.2. The third-order valence-electron chi connectivity index (χ3n) is 12.8. The van der Waals surface area contributed by atoms with E-state index in [0.717, 1.165) is 5.57 Å². The fourth-order valence-corrected chi connectivity index (χ4v) is 8.94. The van der Waals surface area contributed by atoms with Crippen molar-refractivity contribution >= 4 is 12.1 Å². The molecule has 15 heteroatoms. The smallest absolute Gasteiger partial charge is 0.404 e. The van der Waals surface area contributed by atoms with Gasteiger partial charge in [-0.1, -0.05) is 89.1 Å². The average Bonchev–Trinajstić information content (AvgIpc) is 3.19. The largest absolute Gasteiger partial charge is 0.490 e. The van der Waals surface area contributed by atoms with E-state index in [1.54, 1.807) is 52.0 Å². The first-order valence-corrected chi connectivity index (χ1v) is 21.7. The van der Waals surface area contributed by atoms with Gasteiger partial charge in [-0.05, 0) is 52.5 Å². The highest BCUT2D eigenvalue weighted by molar-refractivity contribution is 5.87. The predicted octanol–water partition coefficient (Wildman–Crippen LogP) is 4.98. The fourth-order valence-electron chi connectivity index (χ4n) is 8.94. The molecule has 18 atom stereocenters.